The summed E-state index contributed by atoms with van der Waals surface area (Å²) in [5, 5.41) is 14.7. The van der Waals surface area contributed by atoms with Gasteiger partial charge >= 0.3 is 0 Å². The summed E-state index contributed by atoms with van der Waals surface area (Å²) in [4.78, 5) is 18.5. The van der Waals surface area contributed by atoms with Crippen molar-refractivity contribution in [1.82, 2.24) is 35.3 Å². The summed E-state index contributed by atoms with van der Waals surface area (Å²) in [6.07, 6.45) is 1.54. The SMILES string of the molecule is O=C(N[C@H]1C2CN3CCN(C2)CC1(c1ccccc1)C3)c1ccc(-n2cnnn2)cc1. The molecule has 1 amide bonds. The quantitative estimate of drug-likeness (QED) is 0.684. The Balaban J connectivity index is 1.31. The van der Waals surface area contributed by atoms with Gasteiger partial charge in [-0.2, -0.15) is 0 Å². The molecule has 5 heterocycles. The molecule has 3 aromatic rings. The first-order valence-electron chi connectivity index (χ1n) is 10.9. The predicted molar refractivity (Wildman–Crippen MR) is 115 cm³/mol. The van der Waals surface area contributed by atoms with Gasteiger partial charge in [-0.05, 0) is 40.3 Å². The first-order chi connectivity index (χ1) is 15.2. The third-order valence-corrected chi connectivity index (χ3v) is 7.17. The fraction of sp³-hybridized carbons (Fsp3) is 0.391. The van der Waals surface area contributed by atoms with Crippen molar-refractivity contribution in [2.24, 2.45) is 5.92 Å². The minimum atomic E-state index is -0.0824. The van der Waals surface area contributed by atoms with Crippen LogP contribution in [0.3, 0.4) is 0 Å². The number of hydrogen-bond acceptors (Lipinski definition) is 6. The van der Waals surface area contributed by atoms with Crippen molar-refractivity contribution in [2.75, 3.05) is 39.3 Å². The summed E-state index contributed by atoms with van der Waals surface area (Å²) in [6.45, 7) is 6.32. The second kappa shape index (κ2) is 7.25. The Bertz CT molecular complexity index is 1050. The van der Waals surface area contributed by atoms with Crippen molar-refractivity contribution in [1.29, 1.82) is 0 Å². The second-order valence-electron chi connectivity index (χ2n) is 9.00. The number of nitrogens with one attached hydrogen (secondary N) is 1. The predicted octanol–water partition coefficient (Wildman–Crippen LogP) is 0.960. The molecule has 0 aliphatic carbocycles. The Morgan fingerprint density at radius 2 is 1.68 bits per heavy atom. The van der Waals surface area contributed by atoms with E-state index in [4.69, 9.17) is 0 Å². The van der Waals surface area contributed by atoms with Gasteiger partial charge in [0.25, 0.3) is 5.91 Å². The Kier molecular flexibility index (Phi) is 4.36. The summed E-state index contributed by atoms with van der Waals surface area (Å²) in [5.41, 5.74) is 2.73. The van der Waals surface area contributed by atoms with E-state index in [0.717, 1.165) is 45.0 Å². The number of tetrazole rings is 1. The van der Waals surface area contributed by atoms with Crippen LogP contribution in [0, 0.1) is 5.92 Å². The minimum absolute atomic E-state index is 0.0141. The second-order valence-corrected chi connectivity index (χ2v) is 9.00. The molecule has 0 saturated carbocycles. The maximum absolute atomic E-state index is 13.3. The van der Waals surface area contributed by atoms with Gasteiger partial charge in [-0.25, -0.2) is 4.68 Å². The summed E-state index contributed by atoms with van der Waals surface area (Å²) in [7, 11) is 0. The molecule has 7 rings (SSSR count). The molecule has 4 saturated heterocycles. The molecular weight excluding hydrogens is 390 g/mol. The summed E-state index contributed by atoms with van der Waals surface area (Å²) in [6, 6.07) is 18.3. The molecule has 4 fully saturated rings. The highest BCUT2D eigenvalue weighted by Crippen LogP contribution is 2.43. The number of fused-ring (bicyclic) bond motifs is 1. The molecule has 8 heteroatoms. The molecule has 0 radical (unpaired) electrons. The fourth-order valence-electron chi connectivity index (χ4n) is 5.84. The van der Waals surface area contributed by atoms with E-state index in [1.807, 2.05) is 24.3 Å². The van der Waals surface area contributed by atoms with Crippen LogP contribution in [-0.2, 0) is 5.41 Å². The van der Waals surface area contributed by atoms with Crippen LogP contribution in [0.4, 0.5) is 0 Å². The molecule has 4 aliphatic heterocycles. The highest BCUT2D eigenvalue weighted by atomic mass is 16.1. The number of benzene rings is 2. The van der Waals surface area contributed by atoms with Crippen LogP contribution >= 0.6 is 0 Å². The van der Waals surface area contributed by atoms with E-state index in [9.17, 15) is 4.79 Å². The minimum Gasteiger partial charge on any atom is -0.348 e. The van der Waals surface area contributed by atoms with Gasteiger partial charge in [0.2, 0.25) is 0 Å². The van der Waals surface area contributed by atoms with E-state index in [1.54, 1.807) is 11.0 Å². The molecule has 2 aromatic carbocycles. The molecule has 2 unspecified atom stereocenters. The standard InChI is InChI=1S/C23H25N7O/c31-22(17-6-8-20(9-7-17)30-16-24-26-27-30)25-21-18-12-28-10-11-29(13-18)15-23(21,14-28)19-4-2-1-3-5-19/h1-9,16,18,21H,10-15H2,(H,25,31)/t18?,21-,23?/m0/s1. The number of aromatic nitrogens is 4. The molecule has 1 N–H and O–H groups in total. The molecule has 1 aromatic heterocycles. The van der Waals surface area contributed by atoms with Crippen molar-refractivity contribution < 1.29 is 4.79 Å². The zero-order chi connectivity index (χ0) is 20.8. The number of rotatable bonds is 4. The number of hydrogen-bond donors (Lipinski definition) is 1. The van der Waals surface area contributed by atoms with Crippen LogP contribution in [-0.4, -0.2) is 81.2 Å². The van der Waals surface area contributed by atoms with Crippen LogP contribution < -0.4 is 5.32 Å². The topological polar surface area (TPSA) is 79.2 Å². The van der Waals surface area contributed by atoms with Crippen LogP contribution in [0.1, 0.15) is 15.9 Å². The van der Waals surface area contributed by atoms with Gasteiger partial charge < -0.3 is 15.1 Å². The molecule has 0 spiro atoms. The molecule has 4 aliphatic rings. The van der Waals surface area contributed by atoms with Gasteiger partial charge in [-0.1, -0.05) is 30.3 Å². The molecule has 3 atom stereocenters. The van der Waals surface area contributed by atoms with Crippen molar-refractivity contribution >= 4 is 5.91 Å². The largest absolute Gasteiger partial charge is 0.348 e. The Morgan fingerprint density at radius 1 is 0.968 bits per heavy atom. The average molecular weight is 416 g/mol. The molecular formula is C23H25N7O. The lowest BCUT2D eigenvalue weighted by atomic mass is 9.64. The zero-order valence-electron chi connectivity index (χ0n) is 17.3. The van der Waals surface area contributed by atoms with Crippen LogP contribution in [0.15, 0.2) is 60.9 Å². The van der Waals surface area contributed by atoms with Crippen LogP contribution in [0.2, 0.25) is 0 Å². The number of nitrogens with zero attached hydrogens (tertiary/aromatic N) is 6. The number of carbonyl (C=O) groups is 1. The molecule has 158 valence electrons. The van der Waals surface area contributed by atoms with Gasteiger partial charge in [0.1, 0.15) is 6.33 Å². The Labute approximate surface area is 180 Å². The fourth-order valence-corrected chi connectivity index (χ4v) is 5.84. The van der Waals surface area contributed by atoms with Gasteiger partial charge in [0, 0.05) is 62.2 Å². The number of amides is 1. The van der Waals surface area contributed by atoms with Gasteiger partial charge in [-0.15, -0.1) is 5.10 Å². The highest BCUT2D eigenvalue weighted by Gasteiger charge is 2.55. The van der Waals surface area contributed by atoms with E-state index in [2.05, 4.69) is 61.0 Å². The van der Waals surface area contributed by atoms with Crippen LogP contribution in [0.5, 0.6) is 0 Å². The van der Waals surface area contributed by atoms with E-state index in [0.29, 0.717) is 11.5 Å². The summed E-state index contributed by atoms with van der Waals surface area (Å²) >= 11 is 0. The maximum atomic E-state index is 13.3. The van der Waals surface area contributed by atoms with Gasteiger partial charge in [0.05, 0.1) is 5.69 Å². The van der Waals surface area contributed by atoms with E-state index in [-0.39, 0.29) is 17.4 Å². The third-order valence-electron chi connectivity index (χ3n) is 7.17. The Morgan fingerprint density at radius 3 is 2.32 bits per heavy atom. The molecule has 8 nitrogen and oxygen atoms in total. The van der Waals surface area contributed by atoms with Crippen LogP contribution in [0.25, 0.3) is 5.69 Å². The Hall–Kier alpha value is -3.10. The highest BCUT2D eigenvalue weighted by molar-refractivity contribution is 5.94. The lowest BCUT2D eigenvalue weighted by Crippen LogP contribution is -2.70. The average Bonchev–Trinajstić information content (AvgIpc) is 3.23. The van der Waals surface area contributed by atoms with E-state index >= 15 is 0 Å². The first kappa shape index (κ1) is 18.7. The molecule has 31 heavy (non-hydrogen) atoms. The molecule has 4 bridgehead atoms. The normalized spacial score (nSPS) is 31.4. The van der Waals surface area contributed by atoms with Crippen molar-refractivity contribution in [3.63, 3.8) is 0 Å². The van der Waals surface area contributed by atoms with E-state index in [1.165, 1.54) is 5.56 Å². The maximum Gasteiger partial charge on any atom is 0.251 e. The third kappa shape index (κ3) is 3.14. The monoisotopic (exact) mass is 415 g/mol. The van der Waals surface area contributed by atoms with Crippen molar-refractivity contribution in [3.05, 3.63) is 72.1 Å². The summed E-state index contributed by atoms with van der Waals surface area (Å²) in [5.74, 6) is 0.411. The van der Waals surface area contributed by atoms with Gasteiger partial charge in [-0.3, -0.25) is 4.79 Å². The van der Waals surface area contributed by atoms with Crippen molar-refractivity contribution in [2.45, 2.75) is 11.5 Å². The lowest BCUT2D eigenvalue weighted by Gasteiger charge is -2.55. The zero-order valence-corrected chi connectivity index (χ0v) is 17.3. The smallest absolute Gasteiger partial charge is 0.251 e. The number of carbonyl (C=O) groups excluding carboxylic acids is 1. The van der Waals surface area contributed by atoms with Crippen molar-refractivity contribution in [3.8, 4) is 5.69 Å². The lowest BCUT2D eigenvalue weighted by molar-refractivity contribution is 0.0180. The number of piperidine rings is 2. The first-order valence-corrected chi connectivity index (χ1v) is 10.9. The van der Waals surface area contributed by atoms with E-state index < -0.39 is 0 Å². The van der Waals surface area contributed by atoms with Gasteiger partial charge in [0.15, 0.2) is 0 Å². The summed E-state index contributed by atoms with van der Waals surface area (Å²) < 4.78 is 1.58.